The highest BCUT2D eigenvalue weighted by atomic mass is 16.5. The summed E-state index contributed by atoms with van der Waals surface area (Å²) in [6.07, 6.45) is 2.40. The quantitative estimate of drug-likeness (QED) is 0.622. The Morgan fingerprint density at radius 1 is 1.25 bits per heavy atom. The molecular formula is C13H30N2O. The van der Waals surface area contributed by atoms with E-state index in [-0.39, 0.29) is 0 Å². The maximum absolute atomic E-state index is 5.16. The van der Waals surface area contributed by atoms with Gasteiger partial charge in [0, 0.05) is 32.3 Å². The van der Waals surface area contributed by atoms with Gasteiger partial charge in [-0.25, -0.2) is 0 Å². The molecule has 0 aliphatic carbocycles. The molecule has 3 nitrogen and oxygen atoms in total. The van der Waals surface area contributed by atoms with Gasteiger partial charge in [0.05, 0.1) is 6.61 Å². The molecule has 0 spiro atoms. The van der Waals surface area contributed by atoms with Crippen LogP contribution in [0.25, 0.3) is 0 Å². The van der Waals surface area contributed by atoms with Crippen molar-refractivity contribution in [2.24, 2.45) is 0 Å². The van der Waals surface area contributed by atoms with Gasteiger partial charge in [-0.1, -0.05) is 13.8 Å². The first-order chi connectivity index (χ1) is 7.65. The minimum atomic E-state index is 0.590. The summed E-state index contributed by atoms with van der Waals surface area (Å²) in [6.45, 7) is 13.1. The van der Waals surface area contributed by atoms with Crippen LogP contribution in [0.1, 0.15) is 40.5 Å². The molecule has 98 valence electrons. The largest absolute Gasteiger partial charge is 0.383 e. The van der Waals surface area contributed by atoms with E-state index in [1.54, 1.807) is 7.11 Å². The van der Waals surface area contributed by atoms with Crippen LogP contribution in [-0.2, 0) is 4.74 Å². The minimum absolute atomic E-state index is 0.590. The molecule has 0 rings (SSSR count). The molecule has 0 aromatic rings. The van der Waals surface area contributed by atoms with Crippen molar-refractivity contribution < 1.29 is 4.74 Å². The van der Waals surface area contributed by atoms with Crippen molar-refractivity contribution >= 4 is 0 Å². The van der Waals surface area contributed by atoms with Crippen LogP contribution in [0.5, 0.6) is 0 Å². The zero-order chi connectivity index (χ0) is 12.4. The SMILES string of the molecule is CCCNC(CC)CN(CCOC)C(C)C. The fraction of sp³-hybridized carbons (Fsp3) is 1.00. The van der Waals surface area contributed by atoms with Crippen molar-refractivity contribution in [1.29, 1.82) is 0 Å². The molecule has 0 bridgehead atoms. The third-order valence-electron chi connectivity index (χ3n) is 2.94. The molecule has 0 aliphatic rings. The van der Waals surface area contributed by atoms with Gasteiger partial charge in [0.2, 0.25) is 0 Å². The van der Waals surface area contributed by atoms with E-state index >= 15 is 0 Å². The van der Waals surface area contributed by atoms with Crippen molar-refractivity contribution in [3.05, 3.63) is 0 Å². The van der Waals surface area contributed by atoms with Gasteiger partial charge in [-0.3, -0.25) is 4.90 Å². The molecule has 0 fully saturated rings. The van der Waals surface area contributed by atoms with Gasteiger partial charge in [0.15, 0.2) is 0 Å². The molecule has 16 heavy (non-hydrogen) atoms. The fourth-order valence-corrected chi connectivity index (χ4v) is 1.74. The molecule has 1 unspecified atom stereocenters. The smallest absolute Gasteiger partial charge is 0.0589 e. The monoisotopic (exact) mass is 230 g/mol. The van der Waals surface area contributed by atoms with Crippen LogP contribution in [-0.4, -0.2) is 50.3 Å². The summed E-state index contributed by atoms with van der Waals surface area (Å²) < 4.78 is 5.16. The van der Waals surface area contributed by atoms with Crippen LogP contribution in [0, 0.1) is 0 Å². The van der Waals surface area contributed by atoms with Crippen molar-refractivity contribution in [3.63, 3.8) is 0 Å². The molecule has 0 radical (unpaired) electrons. The zero-order valence-corrected chi connectivity index (χ0v) is 11.8. The van der Waals surface area contributed by atoms with Gasteiger partial charge in [-0.05, 0) is 33.2 Å². The number of nitrogens with zero attached hydrogens (tertiary/aromatic N) is 1. The van der Waals surface area contributed by atoms with Crippen molar-refractivity contribution in [1.82, 2.24) is 10.2 Å². The predicted molar refractivity (Wildman–Crippen MR) is 71.0 cm³/mol. The molecule has 3 heteroatoms. The number of hydrogen-bond acceptors (Lipinski definition) is 3. The van der Waals surface area contributed by atoms with E-state index < -0.39 is 0 Å². The Bertz CT molecular complexity index is 151. The van der Waals surface area contributed by atoms with Crippen LogP contribution >= 0.6 is 0 Å². The van der Waals surface area contributed by atoms with E-state index in [0.717, 1.165) is 26.2 Å². The van der Waals surface area contributed by atoms with E-state index in [1.165, 1.54) is 12.8 Å². The zero-order valence-electron chi connectivity index (χ0n) is 11.8. The topological polar surface area (TPSA) is 24.5 Å². The number of rotatable bonds is 10. The van der Waals surface area contributed by atoms with Crippen LogP contribution in [0.2, 0.25) is 0 Å². The minimum Gasteiger partial charge on any atom is -0.383 e. The van der Waals surface area contributed by atoms with Crippen LogP contribution in [0.4, 0.5) is 0 Å². The number of hydrogen-bond donors (Lipinski definition) is 1. The van der Waals surface area contributed by atoms with Crippen LogP contribution in [0.15, 0.2) is 0 Å². The molecule has 0 amide bonds. The molecule has 1 N–H and O–H groups in total. The third kappa shape index (κ3) is 7.20. The number of ether oxygens (including phenoxy) is 1. The maximum atomic E-state index is 5.16. The Hall–Kier alpha value is -0.120. The van der Waals surface area contributed by atoms with Gasteiger partial charge >= 0.3 is 0 Å². The lowest BCUT2D eigenvalue weighted by molar-refractivity contribution is 0.120. The Morgan fingerprint density at radius 3 is 2.38 bits per heavy atom. The lowest BCUT2D eigenvalue weighted by atomic mass is 10.2. The second-order valence-corrected chi connectivity index (χ2v) is 4.64. The van der Waals surface area contributed by atoms with E-state index in [2.05, 4.69) is 37.9 Å². The van der Waals surface area contributed by atoms with E-state index in [9.17, 15) is 0 Å². The van der Waals surface area contributed by atoms with E-state index in [1.807, 2.05) is 0 Å². The molecule has 0 saturated heterocycles. The molecule has 0 saturated carbocycles. The number of methoxy groups -OCH3 is 1. The molecule has 0 aromatic carbocycles. The van der Waals surface area contributed by atoms with E-state index in [4.69, 9.17) is 4.74 Å². The van der Waals surface area contributed by atoms with Gasteiger partial charge in [-0.15, -0.1) is 0 Å². The highest BCUT2D eigenvalue weighted by Gasteiger charge is 2.14. The fourth-order valence-electron chi connectivity index (χ4n) is 1.74. The second kappa shape index (κ2) is 10.1. The molecule has 1 atom stereocenters. The first-order valence-electron chi connectivity index (χ1n) is 6.62. The van der Waals surface area contributed by atoms with Gasteiger partial charge in [0.25, 0.3) is 0 Å². The lowest BCUT2D eigenvalue weighted by Gasteiger charge is -2.30. The second-order valence-electron chi connectivity index (χ2n) is 4.64. The summed E-state index contributed by atoms with van der Waals surface area (Å²) >= 11 is 0. The molecule has 0 aliphatic heterocycles. The normalized spacial score (nSPS) is 13.7. The first-order valence-corrected chi connectivity index (χ1v) is 6.62. The van der Waals surface area contributed by atoms with Gasteiger partial charge in [-0.2, -0.15) is 0 Å². The summed E-state index contributed by atoms with van der Waals surface area (Å²) in [5.74, 6) is 0. The lowest BCUT2D eigenvalue weighted by Crippen LogP contribution is -2.45. The Labute approximate surface area is 102 Å². The van der Waals surface area contributed by atoms with E-state index in [0.29, 0.717) is 12.1 Å². The van der Waals surface area contributed by atoms with Crippen molar-refractivity contribution in [2.45, 2.75) is 52.6 Å². The highest BCUT2D eigenvalue weighted by molar-refractivity contribution is 4.73. The summed E-state index contributed by atoms with van der Waals surface area (Å²) in [4.78, 5) is 2.49. The maximum Gasteiger partial charge on any atom is 0.0589 e. The Balaban J connectivity index is 4.01. The number of nitrogens with one attached hydrogen (secondary N) is 1. The Kier molecular flexibility index (Phi) is 9.99. The van der Waals surface area contributed by atoms with Gasteiger partial charge < -0.3 is 10.1 Å². The predicted octanol–water partition coefficient (Wildman–Crippen LogP) is 2.12. The van der Waals surface area contributed by atoms with Crippen molar-refractivity contribution in [3.8, 4) is 0 Å². The summed E-state index contributed by atoms with van der Waals surface area (Å²) in [7, 11) is 1.77. The van der Waals surface area contributed by atoms with Crippen molar-refractivity contribution in [2.75, 3.05) is 33.4 Å². The summed E-state index contributed by atoms with van der Waals surface area (Å²) in [5.41, 5.74) is 0. The van der Waals surface area contributed by atoms with Crippen LogP contribution < -0.4 is 5.32 Å². The molecule has 0 aromatic heterocycles. The Morgan fingerprint density at radius 2 is 1.94 bits per heavy atom. The summed E-state index contributed by atoms with van der Waals surface area (Å²) in [6, 6.07) is 1.20. The first kappa shape index (κ1) is 15.9. The highest BCUT2D eigenvalue weighted by Crippen LogP contribution is 2.02. The molecule has 0 heterocycles. The average Bonchev–Trinajstić information content (AvgIpc) is 2.28. The average molecular weight is 230 g/mol. The third-order valence-corrected chi connectivity index (χ3v) is 2.94. The van der Waals surface area contributed by atoms with Gasteiger partial charge in [0.1, 0.15) is 0 Å². The molecular weight excluding hydrogens is 200 g/mol. The standard InChI is InChI=1S/C13H30N2O/c1-6-8-14-13(7-2)11-15(12(3)4)9-10-16-5/h12-14H,6-11H2,1-5H3. The summed E-state index contributed by atoms with van der Waals surface area (Å²) in [5, 5.41) is 3.60. The van der Waals surface area contributed by atoms with Crippen LogP contribution in [0.3, 0.4) is 0 Å².